The van der Waals surface area contributed by atoms with Crippen molar-refractivity contribution in [3.8, 4) is 28.7 Å². The second-order valence-corrected chi connectivity index (χ2v) is 11.9. The summed E-state index contributed by atoms with van der Waals surface area (Å²) in [6.45, 7) is 5.94. The Balaban J connectivity index is 1.32. The highest BCUT2D eigenvalue weighted by Gasteiger charge is 2.34. The predicted octanol–water partition coefficient (Wildman–Crippen LogP) is 4.06. The first kappa shape index (κ1) is 33.3. The predicted molar refractivity (Wildman–Crippen MR) is 179 cm³/mol. The van der Waals surface area contributed by atoms with E-state index >= 15 is 0 Å². The van der Waals surface area contributed by atoms with Crippen LogP contribution >= 0.6 is 11.3 Å². The fourth-order valence-electron chi connectivity index (χ4n) is 5.39. The number of methoxy groups -OCH3 is 1. The third-order valence-electron chi connectivity index (χ3n) is 7.69. The highest BCUT2D eigenvalue weighted by molar-refractivity contribution is 7.07. The van der Waals surface area contributed by atoms with Gasteiger partial charge in [0.1, 0.15) is 12.4 Å². The van der Waals surface area contributed by atoms with E-state index in [-0.39, 0.29) is 31.1 Å². The molecule has 0 fully saturated rings. The number of fused-ring (bicyclic) bond motifs is 2. The normalized spacial score (nSPS) is 14.9. The van der Waals surface area contributed by atoms with Crippen LogP contribution in [0.1, 0.15) is 43.5 Å². The second kappa shape index (κ2) is 14.7. The van der Waals surface area contributed by atoms with Gasteiger partial charge in [0.25, 0.3) is 5.56 Å². The molecule has 3 heterocycles. The van der Waals surface area contributed by atoms with E-state index < -0.39 is 18.0 Å². The first-order valence-corrected chi connectivity index (χ1v) is 16.4. The smallest absolute Gasteiger partial charge is 0.343 e. The van der Waals surface area contributed by atoms with Crippen molar-refractivity contribution < 1.29 is 42.7 Å². The number of nitrogens with zero attached hydrogens (tertiary/aromatic N) is 2. The fourth-order valence-corrected chi connectivity index (χ4v) is 6.44. The van der Waals surface area contributed by atoms with Crippen LogP contribution in [0.4, 0.5) is 0 Å². The lowest BCUT2D eigenvalue weighted by atomic mass is 9.95. The van der Waals surface area contributed by atoms with E-state index in [1.807, 2.05) is 49.4 Å². The maximum Gasteiger partial charge on any atom is 0.343 e. The summed E-state index contributed by atoms with van der Waals surface area (Å²) in [5, 5.41) is 0. The van der Waals surface area contributed by atoms with Gasteiger partial charge in [-0.1, -0.05) is 35.6 Å². The summed E-state index contributed by atoms with van der Waals surface area (Å²) in [5.41, 5.74) is 2.64. The van der Waals surface area contributed by atoms with Crippen molar-refractivity contribution in [2.45, 2.75) is 33.4 Å². The molecule has 0 amide bonds. The summed E-state index contributed by atoms with van der Waals surface area (Å²) in [5.74, 6) is 1.59. The molecular weight excluding hydrogens is 652 g/mol. The van der Waals surface area contributed by atoms with Crippen LogP contribution in [0.25, 0.3) is 6.08 Å². The number of ether oxygens (including phenoxy) is 7. The highest BCUT2D eigenvalue weighted by Crippen LogP contribution is 2.37. The van der Waals surface area contributed by atoms with Crippen LogP contribution in [0.3, 0.4) is 0 Å². The maximum atomic E-state index is 14.1. The monoisotopic (exact) mass is 686 g/mol. The lowest BCUT2D eigenvalue weighted by Crippen LogP contribution is -2.40. The largest absolute Gasteiger partial charge is 0.490 e. The minimum absolute atomic E-state index is 0.146. The number of esters is 2. The summed E-state index contributed by atoms with van der Waals surface area (Å²) < 4.78 is 40.3. The minimum Gasteiger partial charge on any atom is -0.490 e. The van der Waals surface area contributed by atoms with E-state index in [4.69, 9.17) is 28.4 Å². The molecule has 254 valence electrons. The molecule has 49 heavy (non-hydrogen) atoms. The van der Waals surface area contributed by atoms with Gasteiger partial charge in [-0.25, -0.2) is 14.6 Å². The summed E-state index contributed by atoms with van der Waals surface area (Å²) in [7, 11) is 1.27. The molecule has 0 bridgehead atoms. The molecule has 1 atom stereocenters. The number of benzene rings is 3. The quantitative estimate of drug-likeness (QED) is 0.201. The minimum atomic E-state index is -0.863. The molecule has 4 aromatic rings. The number of hydrogen-bond donors (Lipinski definition) is 0. The van der Waals surface area contributed by atoms with Crippen molar-refractivity contribution >= 4 is 29.4 Å². The van der Waals surface area contributed by atoms with E-state index in [1.54, 1.807) is 38.1 Å². The van der Waals surface area contributed by atoms with Gasteiger partial charge in [0.2, 0.25) is 6.79 Å². The number of allylic oxidation sites excluding steroid dienone is 1. The Morgan fingerprint density at radius 3 is 2.51 bits per heavy atom. The van der Waals surface area contributed by atoms with Crippen LogP contribution in [0, 0.1) is 0 Å². The molecule has 2 aliphatic heterocycles. The number of rotatable bonds is 12. The average Bonchev–Trinajstić information content (AvgIpc) is 3.70. The summed E-state index contributed by atoms with van der Waals surface area (Å²) >= 11 is 1.22. The zero-order valence-corrected chi connectivity index (χ0v) is 28.2. The standard InChI is InChI=1S/C36H34N2O10S/c1-5-43-29-17-24(10-14-26(29)46-19-31(39)42-4)33-32(35(41)44-6-2)21(3)37-36-38(33)34(40)30(49-36)16-22-7-11-25(12-8-22)45-18-23-9-13-27-28(15-23)48-20-47-27/h7-17,33H,5-6,18-20H2,1-4H3/b30-16-/t33-/m1/s1. The molecule has 13 heteroatoms. The molecule has 3 aromatic carbocycles. The zero-order valence-electron chi connectivity index (χ0n) is 27.3. The molecule has 0 saturated carbocycles. The van der Waals surface area contributed by atoms with Crippen LogP contribution in [0.5, 0.6) is 28.7 Å². The highest BCUT2D eigenvalue weighted by atomic mass is 32.1. The number of carbonyl (C=O) groups excluding carboxylic acids is 2. The van der Waals surface area contributed by atoms with Crippen molar-refractivity contribution in [3.63, 3.8) is 0 Å². The molecular formula is C36H34N2O10S. The van der Waals surface area contributed by atoms with E-state index in [0.717, 1.165) is 11.1 Å². The molecule has 0 spiro atoms. The van der Waals surface area contributed by atoms with Gasteiger partial charge in [-0.05, 0) is 79.9 Å². The molecule has 12 nitrogen and oxygen atoms in total. The van der Waals surface area contributed by atoms with Gasteiger partial charge in [-0.2, -0.15) is 0 Å². The molecule has 0 unspecified atom stereocenters. The van der Waals surface area contributed by atoms with Crippen LogP contribution in [-0.2, 0) is 25.7 Å². The summed E-state index contributed by atoms with van der Waals surface area (Å²) in [4.78, 5) is 44.2. The first-order valence-electron chi connectivity index (χ1n) is 15.6. The average molecular weight is 687 g/mol. The molecule has 0 aliphatic carbocycles. The van der Waals surface area contributed by atoms with Gasteiger partial charge in [-0.15, -0.1) is 0 Å². The molecule has 0 radical (unpaired) electrons. The number of thiazole rings is 1. The Hall–Kier alpha value is -5.56. The van der Waals surface area contributed by atoms with Crippen molar-refractivity contribution in [2.75, 3.05) is 33.7 Å². The van der Waals surface area contributed by atoms with Crippen molar-refractivity contribution in [3.05, 3.63) is 108 Å². The van der Waals surface area contributed by atoms with Gasteiger partial charge in [0, 0.05) is 0 Å². The summed E-state index contributed by atoms with van der Waals surface area (Å²) in [6, 6.07) is 17.3. The SMILES string of the molecule is CCOC(=O)C1=C(C)N=c2s/c(=C\c3ccc(OCc4ccc5c(c4)OCO5)cc3)c(=O)n2[C@@H]1c1ccc(OCC(=O)OC)c(OCC)c1. The van der Waals surface area contributed by atoms with Crippen molar-refractivity contribution in [1.29, 1.82) is 0 Å². The van der Waals surface area contributed by atoms with E-state index in [9.17, 15) is 14.4 Å². The molecule has 2 aliphatic rings. The van der Waals surface area contributed by atoms with E-state index in [0.29, 0.717) is 62.6 Å². The Kier molecular flexibility index (Phi) is 10.00. The van der Waals surface area contributed by atoms with Gasteiger partial charge >= 0.3 is 11.9 Å². The third-order valence-corrected chi connectivity index (χ3v) is 8.68. The van der Waals surface area contributed by atoms with Gasteiger partial charge in [0.05, 0.1) is 42.2 Å². The number of hydrogen-bond acceptors (Lipinski definition) is 12. The second-order valence-electron chi connectivity index (χ2n) is 10.9. The van der Waals surface area contributed by atoms with Crippen LogP contribution in [0.15, 0.2) is 81.7 Å². The Bertz CT molecular complexity index is 2100. The topological polar surface area (TPSA) is 133 Å². The molecule has 0 saturated heterocycles. The van der Waals surface area contributed by atoms with E-state index in [1.165, 1.54) is 23.0 Å². The lowest BCUT2D eigenvalue weighted by Gasteiger charge is -2.25. The molecule has 6 rings (SSSR count). The van der Waals surface area contributed by atoms with Crippen LogP contribution in [-0.4, -0.2) is 50.2 Å². The van der Waals surface area contributed by atoms with Crippen LogP contribution < -0.4 is 38.6 Å². The molecule has 0 N–H and O–H groups in total. The first-order chi connectivity index (χ1) is 23.8. The van der Waals surface area contributed by atoms with Crippen LogP contribution in [0.2, 0.25) is 0 Å². The third kappa shape index (κ3) is 7.16. The summed E-state index contributed by atoms with van der Waals surface area (Å²) in [6.07, 6.45) is 1.78. The lowest BCUT2D eigenvalue weighted by molar-refractivity contribution is -0.143. The Morgan fingerprint density at radius 1 is 0.959 bits per heavy atom. The Labute approximate surface area is 285 Å². The molecule has 1 aromatic heterocycles. The van der Waals surface area contributed by atoms with E-state index in [2.05, 4.69) is 9.73 Å². The van der Waals surface area contributed by atoms with Gasteiger partial charge in [0.15, 0.2) is 34.4 Å². The number of aromatic nitrogens is 1. The van der Waals surface area contributed by atoms with Gasteiger partial charge in [-0.3, -0.25) is 9.36 Å². The fraction of sp³-hybridized carbons (Fsp3) is 0.278. The van der Waals surface area contributed by atoms with Crippen molar-refractivity contribution in [1.82, 2.24) is 4.57 Å². The zero-order chi connectivity index (χ0) is 34.5. The van der Waals surface area contributed by atoms with Crippen molar-refractivity contribution in [2.24, 2.45) is 4.99 Å². The Morgan fingerprint density at radius 2 is 1.76 bits per heavy atom. The van der Waals surface area contributed by atoms with Gasteiger partial charge < -0.3 is 33.2 Å². The number of carbonyl (C=O) groups is 2. The maximum absolute atomic E-state index is 14.1.